The number of amides is 1. The molecule has 0 heterocycles. The third kappa shape index (κ3) is 5.22. The van der Waals surface area contributed by atoms with Crippen molar-refractivity contribution in [3.05, 3.63) is 52.0 Å². The Labute approximate surface area is 155 Å². The van der Waals surface area contributed by atoms with Crippen LogP contribution in [0.1, 0.15) is 18.1 Å². The summed E-state index contributed by atoms with van der Waals surface area (Å²) in [4.78, 5) is 12.1. The summed E-state index contributed by atoms with van der Waals surface area (Å²) in [6, 6.07) is 10.6. The quantitative estimate of drug-likeness (QED) is 0.507. The second kappa shape index (κ2) is 8.53. The molecule has 0 aliphatic carbocycles. The summed E-state index contributed by atoms with van der Waals surface area (Å²) in [5.41, 5.74) is 4.87. The van der Waals surface area contributed by atoms with Crippen LogP contribution in [0.15, 0.2) is 46.0 Å². The van der Waals surface area contributed by atoms with Crippen molar-refractivity contribution in [2.75, 3.05) is 12.4 Å². The summed E-state index contributed by atoms with van der Waals surface area (Å²) >= 11 is 3.32. The molecule has 25 heavy (non-hydrogen) atoms. The van der Waals surface area contributed by atoms with Crippen LogP contribution in [-0.4, -0.2) is 30.4 Å². The van der Waals surface area contributed by atoms with Gasteiger partial charge in [0.25, 0.3) is 5.91 Å². The predicted molar refractivity (Wildman–Crippen MR) is 102 cm³/mol. The lowest BCUT2D eigenvalue weighted by Crippen LogP contribution is -2.34. The van der Waals surface area contributed by atoms with E-state index < -0.39 is 6.04 Å². The number of hydrazone groups is 1. The van der Waals surface area contributed by atoms with Gasteiger partial charge in [-0.2, -0.15) is 5.10 Å². The number of anilines is 1. The highest BCUT2D eigenvalue weighted by Gasteiger charge is 2.12. The Morgan fingerprint density at radius 3 is 2.64 bits per heavy atom. The molecular weight excluding hydrogens is 386 g/mol. The van der Waals surface area contributed by atoms with Crippen LogP contribution in [0.2, 0.25) is 0 Å². The van der Waals surface area contributed by atoms with Crippen molar-refractivity contribution >= 4 is 33.7 Å². The SMILES string of the molecule is COc1cc(Br)cc(/C=N\NC(=O)[C@H](C)Nc2ccc(C)cc2)c1O. The van der Waals surface area contributed by atoms with E-state index in [0.717, 1.165) is 15.7 Å². The largest absolute Gasteiger partial charge is 0.504 e. The van der Waals surface area contributed by atoms with Gasteiger partial charge in [0.2, 0.25) is 0 Å². The van der Waals surface area contributed by atoms with Gasteiger partial charge >= 0.3 is 0 Å². The van der Waals surface area contributed by atoms with E-state index in [1.54, 1.807) is 19.1 Å². The van der Waals surface area contributed by atoms with Gasteiger partial charge in [-0.25, -0.2) is 5.43 Å². The van der Waals surface area contributed by atoms with Crippen molar-refractivity contribution in [2.45, 2.75) is 19.9 Å². The van der Waals surface area contributed by atoms with Gasteiger partial charge < -0.3 is 15.2 Å². The second-order valence-corrected chi connectivity index (χ2v) is 6.43. The topological polar surface area (TPSA) is 83.0 Å². The molecule has 1 atom stereocenters. The predicted octanol–water partition coefficient (Wildman–Crippen LogP) is 3.42. The van der Waals surface area contributed by atoms with Gasteiger partial charge in [-0.15, -0.1) is 0 Å². The molecule has 0 saturated carbocycles. The first-order chi connectivity index (χ1) is 11.9. The van der Waals surface area contributed by atoms with E-state index in [-0.39, 0.29) is 11.7 Å². The van der Waals surface area contributed by atoms with Gasteiger partial charge in [0.1, 0.15) is 6.04 Å². The maximum atomic E-state index is 12.1. The monoisotopic (exact) mass is 405 g/mol. The normalized spacial score (nSPS) is 12.0. The van der Waals surface area contributed by atoms with Crippen LogP contribution in [0, 0.1) is 6.92 Å². The fraction of sp³-hybridized carbons (Fsp3) is 0.222. The van der Waals surface area contributed by atoms with Crippen LogP contribution in [0.5, 0.6) is 11.5 Å². The molecule has 0 spiro atoms. The molecule has 0 unspecified atom stereocenters. The number of hydrogen-bond donors (Lipinski definition) is 3. The molecule has 0 fully saturated rings. The standard InChI is InChI=1S/C18H20BrN3O3/c1-11-4-6-15(7-5-11)21-12(2)18(24)22-20-10-13-8-14(19)9-16(25-3)17(13)23/h4-10,12,21,23H,1-3H3,(H,22,24)/b20-10-/t12-/m0/s1. The van der Waals surface area contributed by atoms with Gasteiger partial charge in [-0.3, -0.25) is 4.79 Å². The maximum Gasteiger partial charge on any atom is 0.262 e. The van der Waals surface area contributed by atoms with E-state index in [1.807, 2.05) is 31.2 Å². The zero-order chi connectivity index (χ0) is 18.4. The van der Waals surface area contributed by atoms with Gasteiger partial charge in [0.15, 0.2) is 11.5 Å². The van der Waals surface area contributed by atoms with Crippen LogP contribution in [0.3, 0.4) is 0 Å². The molecular formula is C18H20BrN3O3. The highest BCUT2D eigenvalue weighted by atomic mass is 79.9. The number of rotatable bonds is 6. The Balaban J connectivity index is 1.98. The van der Waals surface area contributed by atoms with E-state index in [1.165, 1.54) is 13.3 Å². The Morgan fingerprint density at radius 1 is 1.32 bits per heavy atom. The van der Waals surface area contributed by atoms with Crippen LogP contribution >= 0.6 is 15.9 Å². The minimum Gasteiger partial charge on any atom is -0.504 e. The number of aromatic hydroxyl groups is 1. The summed E-state index contributed by atoms with van der Waals surface area (Å²) in [6.07, 6.45) is 1.36. The summed E-state index contributed by atoms with van der Waals surface area (Å²) in [7, 11) is 1.46. The number of hydrogen-bond acceptors (Lipinski definition) is 5. The maximum absolute atomic E-state index is 12.1. The lowest BCUT2D eigenvalue weighted by atomic mass is 10.2. The molecule has 7 heteroatoms. The number of methoxy groups -OCH3 is 1. The highest BCUT2D eigenvalue weighted by molar-refractivity contribution is 9.10. The Kier molecular flexibility index (Phi) is 6.41. The molecule has 2 rings (SSSR count). The molecule has 0 radical (unpaired) electrons. The van der Waals surface area contributed by atoms with E-state index >= 15 is 0 Å². The van der Waals surface area contributed by atoms with Crippen molar-refractivity contribution in [2.24, 2.45) is 5.10 Å². The Hall–Kier alpha value is -2.54. The van der Waals surface area contributed by atoms with E-state index in [0.29, 0.717) is 11.3 Å². The van der Waals surface area contributed by atoms with Crippen molar-refractivity contribution in [1.29, 1.82) is 0 Å². The highest BCUT2D eigenvalue weighted by Crippen LogP contribution is 2.32. The number of benzene rings is 2. The number of carbonyl (C=O) groups is 1. The van der Waals surface area contributed by atoms with Gasteiger partial charge in [-0.05, 0) is 38.1 Å². The summed E-state index contributed by atoms with van der Waals surface area (Å²) in [6.45, 7) is 3.74. The lowest BCUT2D eigenvalue weighted by molar-refractivity contribution is -0.121. The zero-order valence-electron chi connectivity index (χ0n) is 14.2. The second-order valence-electron chi connectivity index (χ2n) is 5.51. The number of nitrogens with zero attached hydrogens (tertiary/aromatic N) is 1. The van der Waals surface area contributed by atoms with E-state index in [4.69, 9.17) is 4.74 Å². The zero-order valence-corrected chi connectivity index (χ0v) is 15.8. The van der Waals surface area contributed by atoms with Crippen molar-refractivity contribution < 1.29 is 14.6 Å². The van der Waals surface area contributed by atoms with Crippen molar-refractivity contribution in [3.8, 4) is 11.5 Å². The van der Waals surface area contributed by atoms with Crippen molar-refractivity contribution in [1.82, 2.24) is 5.43 Å². The third-order valence-corrected chi connectivity index (χ3v) is 3.95. The van der Waals surface area contributed by atoms with Crippen LogP contribution < -0.4 is 15.5 Å². The smallest absolute Gasteiger partial charge is 0.262 e. The minimum atomic E-state index is -0.467. The van der Waals surface area contributed by atoms with Crippen LogP contribution in [0.25, 0.3) is 0 Å². The number of nitrogens with one attached hydrogen (secondary N) is 2. The van der Waals surface area contributed by atoms with Crippen molar-refractivity contribution in [3.63, 3.8) is 0 Å². The molecule has 132 valence electrons. The average Bonchev–Trinajstić information content (AvgIpc) is 2.59. The number of aryl methyl sites for hydroxylation is 1. The summed E-state index contributed by atoms with van der Waals surface area (Å²) in [5.74, 6) is -0.0237. The van der Waals surface area contributed by atoms with Gasteiger partial charge in [0, 0.05) is 15.7 Å². The molecule has 2 aromatic carbocycles. The number of phenolic OH excluding ortho intramolecular Hbond substituents is 1. The van der Waals surface area contributed by atoms with Crippen LogP contribution in [-0.2, 0) is 4.79 Å². The first-order valence-corrected chi connectivity index (χ1v) is 8.42. The number of ether oxygens (including phenoxy) is 1. The molecule has 0 bridgehead atoms. The molecule has 0 aliphatic heterocycles. The van der Waals surface area contributed by atoms with Crippen LogP contribution in [0.4, 0.5) is 5.69 Å². The molecule has 2 aromatic rings. The first-order valence-electron chi connectivity index (χ1n) is 7.63. The minimum absolute atomic E-state index is 0.0467. The van der Waals surface area contributed by atoms with Gasteiger partial charge in [-0.1, -0.05) is 33.6 Å². The third-order valence-electron chi connectivity index (χ3n) is 3.50. The lowest BCUT2D eigenvalue weighted by Gasteiger charge is -2.13. The Morgan fingerprint density at radius 2 is 2.00 bits per heavy atom. The number of carbonyl (C=O) groups excluding carboxylic acids is 1. The van der Waals surface area contributed by atoms with E-state index in [9.17, 15) is 9.90 Å². The molecule has 0 aromatic heterocycles. The molecule has 0 saturated heterocycles. The molecule has 3 N–H and O–H groups in total. The summed E-state index contributed by atoms with van der Waals surface area (Å²) in [5, 5.41) is 17.0. The fourth-order valence-electron chi connectivity index (χ4n) is 2.08. The Bertz CT molecular complexity index is 776. The molecule has 6 nitrogen and oxygen atoms in total. The molecule has 0 aliphatic rings. The van der Waals surface area contributed by atoms with E-state index in [2.05, 4.69) is 31.8 Å². The average molecular weight is 406 g/mol. The van der Waals surface area contributed by atoms with Gasteiger partial charge in [0.05, 0.1) is 13.3 Å². The number of halogens is 1. The number of phenols is 1. The first kappa shape index (κ1) is 18.8. The fourth-order valence-corrected chi connectivity index (χ4v) is 2.53. The summed E-state index contributed by atoms with van der Waals surface area (Å²) < 4.78 is 5.79. The molecule has 1 amide bonds.